The zero-order chi connectivity index (χ0) is 20.6. The highest BCUT2D eigenvalue weighted by atomic mass is 35.5. The molecule has 0 bridgehead atoms. The molecule has 3 aromatic rings. The molecule has 4 rings (SSSR count). The molecule has 5 nitrogen and oxygen atoms in total. The maximum atomic E-state index is 13.0. The highest BCUT2D eigenvalue weighted by molar-refractivity contribution is 5.89. The van der Waals surface area contributed by atoms with Crippen LogP contribution in [0.5, 0.6) is 5.75 Å². The Balaban J connectivity index is 0.00000272. The van der Waals surface area contributed by atoms with E-state index in [1.807, 2.05) is 54.6 Å². The van der Waals surface area contributed by atoms with Gasteiger partial charge in [0, 0.05) is 25.3 Å². The smallest absolute Gasteiger partial charge is 0.410 e. The fourth-order valence-electron chi connectivity index (χ4n) is 3.62. The number of hydrogen-bond donors (Lipinski definition) is 0. The molecule has 162 valence electrons. The standard InChI is InChI=1S/C25H26N2O3.ClH/c28-25(30-23-14-8-3-9-15-23)27(22-12-6-2-7-13-22)20-24-19-26(16-17-29-24)18-21-10-4-1-5-11-21;/h1-15,24H,16-20H2;1H. The van der Waals surface area contributed by atoms with Gasteiger partial charge in [0.25, 0.3) is 0 Å². The molecule has 3 aromatic carbocycles. The second-order valence-corrected chi connectivity index (χ2v) is 7.34. The number of para-hydroxylation sites is 2. The molecule has 1 amide bonds. The lowest BCUT2D eigenvalue weighted by Gasteiger charge is -2.35. The van der Waals surface area contributed by atoms with E-state index in [2.05, 4.69) is 29.2 Å². The summed E-state index contributed by atoms with van der Waals surface area (Å²) in [6.07, 6.45) is -0.498. The lowest BCUT2D eigenvalue weighted by Crippen LogP contribution is -2.49. The largest absolute Gasteiger partial charge is 0.419 e. The van der Waals surface area contributed by atoms with E-state index >= 15 is 0 Å². The van der Waals surface area contributed by atoms with Crippen molar-refractivity contribution in [1.82, 2.24) is 4.90 Å². The Hall–Kier alpha value is -2.86. The van der Waals surface area contributed by atoms with Crippen molar-refractivity contribution in [3.8, 4) is 5.75 Å². The Bertz CT molecular complexity index is 925. The van der Waals surface area contributed by atoms with E-state index < -0.39 is 6.09 Å². The maximum absolute atomic E-state index is 13.0. The van der Waals surface area contributed by atoms with Crippen molar-refractivity contribution in [3.05, 3.63) is 96.6 Å². The number of ether oxygens (including phenoxy) is 2. The molecule has 0 spiro atoms. The van der Waals surface area contributed by atoms with Gasteiger partial charge >= 0.3 is 6.09 Å². The molecule has 6 heteroatoms. The van der Waals surface area contributed by atoms with E-state index in [4.69, 9.17) is 9.47 Å². The molecule has 31 heavy (non-hydrogen) atoms. The van der Waals surface area contributed by atoms with Crippen molar-refractivity contribution < 1.29 is 14.3 Å². The maximum Gasteiger partial charge on any atom is 0.419 e. The van der Waals surface area contributed by atoms with E-state index in [0.717, 1.165) is 25.3 Å². The van der Waals surface area contributed by atoms with Crippen LogP contribution in [-0.2, 0) is 11.3 Å². The quantitative estimate of drug-likeness (QED) is 0.542. The number of benzene rings is 3. The van der Waals surface area contributed by atoms with Gasteiger partial charge in [0.2, 0.25) is 0 Å². The van der Waals surface area contributed by atoms with Crippen LogP contribution < -0.4 is 9.64 Å². The number of hydrogen-bond acceptors (Lipinski definition) is 4. The van der Waals surface area contributed by atoms with Gasteiger partial charge in [0.15, 0.2) is 0 Å². The minimum atomic E-state index is -0.406. The Morgan fingerprint density at radius 2 is 1.55 bits per heavy atom. The molecule has 0 saturated carbocycles. The van der Waals surface area contributed by atoms with Crippen molar-refractivity contribution in [2.75, 3.05) is 31.1 Å². The molecular weight excluding hydrogens is 412 g/mol. The van der Waals surface area contributed by atoms with E-state index in [0.29, 0.717) is 18.9 Å². The van der Waals surface area contributed by atoms with E-state index in [-0.39, 0.29) is 18.5 Å². The van der Waals surface area contributed by atoms with Gasteiger partial charge in [-0.25, -0.2) is 4.79 Å². The molecule has 1 unspecified atom stereocenters. The number of morpholine rings is 1. The summed E-state index contributed by atoms with van der Waals surface area (Å²) in [6, 6.07) is 29.2. The van der Waals surface area contributed by atoms with Gasteiger partial charge in [0.05, 0.1) is 19.3 Å². The third kappa shape index (κ3) is 6.56. The highest BCUT2D eigenvalue weighted by Crippen LogP contribution is 2.20. The van der Waals surface area contributed by atoms with Crippen molar-refractivity contribution >= 4 is 24.2 Å². The van der Waals surface area contributed by atoms with Gasteiger partial charge in [-0.3, -0.25) is 9.80 Å². The molecule has 1 saturated heterocycles. The molecule has 1 heterocycles. The van der Waals surface area contributed by atoms with Crippen LogP contribution in [0.4, 0.5) is 10.5 Å². The van der Waals surface area contributed by atoms with Crippen LogP contribution in [0.1, 0.15) is 5.56 Å². The molecule has 1 fully saturated rings. The summed E-state index contributed by atoms with van der Waals surface area (Å²) < 4.78 is 11.6. The van der Waals surface area contributed by atoms with Gasteiger partial charge in [0.1, 0.15) is 5.75 Å². The molecule has 1 aliphatic rings. The third-order valence-corrected chi connectivity index (χ3v) is 5.09. The lowest BCUT2D eigenvalue weighted by atomic mass is 10.2. The van der Waals surface area contributed by atoms with Gasteiger partial charge in [-0.15, -0.1) is 12.4 Å². The second kappa shape index (κ2) is 11.5. The molecule has 0 radical (unpaired) electrons. The summed E-state index contributed by atoms with van der Waals surface area (Å²) >= 11 is 0. The van der Waals surface area contributed by atoms with Crippen LogP contribution in [0.15, 0.2) is 91.0 Å². The highest BCUT2D eigenvalue weighted by Gasteiger charge is 2.27. The van der Waals surface area contributed by atoms with Crippen LogP contribution in [-0.4, -0.2) is 43.3 Å². The van der Waals surface area contributed by atoms with Gasteiger partial charge in [-0.05, 0) is 29.8 Å². The average Bonchev–Trinajstić information content (AvgIpc) is 2.80. The number of anilines is 1. The third-order valence-electron chi connectivity index (χ3n) is 5.09. The summed E-state index contributed by atoms with van der Waals surface area (Å²) in [5.74, 6) is 0.527. The fraction of sp³-hybridized carbons (Fsp3) is 0.240. The summed E-state index contributed by atoms with van der Waals surface area (Å²) in [4.78, 5) is 17.0. The molecule has 0 aromatic heterocycles. The number of carbonyl (C=O) groups is 1. The van der Waals surface area contributed by atoms with Crippen molar-refractivity contribution in [2.24, 2.45) is 0 Å². The number of amides is 1. The van der Waals surface area contributed by atoms with Gasteiger partial charge in [-0.2, -0.15) is 0 Å². The monoisotopic (exact) mass is 438 g/mol. The first kappa shape index (κ1) is 22.8. The van der Waals surface area contributed by atoms with Crippen LogP contribution in [0.25, 0.3) is 0 Å². The summed E-state index contributed by atoms with van der Waals surface area (Å²) in [5.41, 5.74) is 2.07. The van der Waals surface area contributed by atoms with Crippen LogP contribution >= 0.6 is 12.4 Å². The first-order valence-corrected chi connectivity index (χ1v) is 10.3. The number of halogens is 1. The molecule has 1 atom stereocenters. The molecular formula is C25H27ClN2O3. The van der Waals surface area contributed by atoms with Crippen LogP contribution in [0.2, 0.25) is 0 Å². The predicted octanol–water partition coefficient (Wildman–Crippen LogP) is 5.01. The average molecular weight is 439 g/mol. The number of nitrogens with zero attached hydrogens (tertiary/aromatic N) is 2. The zero-order valence-electron chi connectivity index (χ0n) is 17.3. The normalized spacial score (nSPS) is 16.2. The topological polar surface area (TPSA) is 42.0 Å². The first-order valence-electron chi connectivity index (χ1n) is 10.3. The minimum absolute atomic E-state index is 0. The molecule has 0 N–H and O–H groups in total. The number of rotatable bonds is 6. The lowest BCUT2D eigenvalue weighted by molar-refractivity contribution is -0.0265. The Morgan fingerprint density at radius 1 is 0.935 bits per heavy atom. The SMILES string of the molecule is Cl.O=C(Oc1ccccc1)N(CC1CN(Cc2ccccc2)CCO1)c1ccccc1. The summed E-state index contributed by atoms with van der Waals surface area (Å²) in [7, 11) is 0. The van der Waals surface area contributed by atoms with Crippen molar-refractivity contribution in [3.63, 3.8) is 0 Å². The fourth-order valence-corrected chi connectivity index (χ4v) is 3.62. The predicted molar refractivity (Wildman–Crippen MR) is 125 cm³/mol. The zero-order valence-corrected chi connectivity index (χ0v) is 18.1. The van der Waals surface area contributed by atoms with Crippen LogP contribution in [0.3, 0.4) is 0 Å². The van der Waals surface area contributed by atoms with E-state index in [1.54, 1.807) is 17.0 Å². The Kier molecular flexibility index (Phi) is 8.47. The molecule has 1 aliphatic heterocycles. The number of carbonyl (C=O) groups excluding carboxylic acids is 1. The van der Waals surface area contributed by atoms with Crippen LogP contribution in [0, 0.1) is 0 Å². The first-order chi connectivity index (χ1) is 14.8. The minimum Gasteiger partial charge on any atom is -0.410 e. The van der Waals surface area contributed by atoms with Gasteiger partial charge < -0.3 is 9.47 Å². The second-order valence-electron chi connectivity index (χ2n) is 7.34. The Morgan fingerprint density at radius 3 is 2.23 bits per heavy atom. The van der Waals surface area contributed by atoms with Gasteiger partial charge in [-0.1, -0.05) is 66.7 Å². The Labute approximate surface area is 189 Å². The van der Waals surface area contributed by atoms with E-state index in [9.17, 15) is 4.79 Å². The molecule has 0 aliphatic carbocycles. The summed E-state index contributed by atoms with van der Waals surface area (Å²) in [5, 5.41) is 0. The van der Waals surface area contributed by atoms with E-state index in [1.165, 1.54) is 5.56 Å². The van der Waals surface area contributed by atoms with Crippen molar-refractivity contribution in [2.45, 2.75) is 12.6 Å². The van der Waals surface area contributed by atoms with Crippen molar-refractivity contribution in [1.29, 1.82) is 0 Å². The summed E-state index contributed by atoms with van der Waals surface area (Å²) in [6.45, 7) is 3.59.